The molecule has 3 heteroatoms. The zero-order chi connectivity index (χ0) is 10.8. The highest BCUT2D eigenvalue weighted by molar-refractivity contribution is 4.89. The Kier molecular flexibility index (Phi) is 3.46. The van der Waals surface area contributed by atoms with Crippen molar-refractivity contribution in [2.24, 2.45) is 0 Å². The van der Waals surface area contributed by atoms with Crippen LogP contribution in [0.25, 0.3) is 0 Å². The monoisotopic (exact) mass is 223 g/mol. The van der Waals surface area contributed by atoms with Crippen molar-refractivity contribution in [1.82, 2.24) is 15.1 Å². The van der Waals surface area contributed by atoms with Crippen molar-refractivity contribution in [2.45, 2.75) is 44.2 Å². The molecule has 0 aromatic rings. The number of hydrogen-bond donors (Lipinski definition) is 1. The van der Waals surface area contributed by atoms with Crippen molar-refractivity contribution in [3.05, 3.63) is 0 Å². The van der Waals surface area contributed by atoms with Crippen LogP contribution in [0.3, 0.4) is 0 Å². The van der Waals surface area contributed by atoms with Crippen LogP contribution in [0.1, 0.15) is 32.1 Å². The van der Waals surface area contributed by atoms with E-state index < -0.39 is 0 Å². The zero-order valence-electron chi connectivity index (χ0n) is 10.3. The molecular weight excluding hydrogens is 198 g/mol. The minimum absolute atomic E-state index is 0.831. The first-order valence-corrected chi connectivity index (χ1v) is 7.12. The summed E-state index contributed by atoms with van der Waals surface area (Å²) in [4.78, 5) is 5.49. The number of fused-ring (bicyclic) bond motifs is 1. The molecule has 2 atom stereocenters. The fourth-order valence-corrected chi connectivity index (χ4v) is 3.66. The topological polar surface area (TPSA) is 18.5 Å². The molecule has 0 aromatic heterocycles. The van der Waals surface area contributed by atoms with Gasteiger partial charge in [-0.15, -0.1) is 0 Å². The van der Waals surface area contributed by atoms with E-state index in [2.05, 4.69) is 15.1 Å². The lowest BCUT2D eigenvalue weighted by Crippen LogP contribution is -2.59. The molecule has 2 unspecified atom stereocenters. The van der Waals surface area contributed by atoms with Crippen LogP contribution < -0.4 is 5.32 Å². The standard InChI is InChI=1S/C13H25N3/c1-2-7-15-8-9-16(11-13(15)4-1)12-5-3-6-14-10-12/h12-14H,1-11H2. The lowest BCUT2D eigenvalue weighted by atomic mass is 9.97. The van der Waals surface area contributed by atoms with Gasteiger partial charge in [-0.05, 0) is 38.8 Å². The van der Waals surface area contributed by atoms with Gasteiger partial charge in [0, 0.05) is 38.3 Å². The number of piperazine rings is 1. The molecule has 16 heavy (non-hydrogen) atoms. The van der Waals surface area contributed by atoms with Crippen LogP contribution in [0.5, 0.6) is 0 Å². The Morgan fingerprint density at radius 2 is 1.69 bits per heavy atom. The van der Waals surface area contributed by atoms with Crippen molar-refractivity contribution in [1.29, 1.82) is 0 Å². The lowest BCUT2D eigenvalue weighted by Gasteiger charge is -2.47. The molecule has 0 saturated carbocycles. The van der Waals surface area contributed by atoms with Crippen LogP contribution in [0.15, 0.2) is 0 Å². The molecule has 0 aliphatic carbocycles. The van der Waals surface area contributed by atoms with Crippen molar-refractivity contribution < 1.29 is 0 Å². The van der Waals surface area contributed by atoms with Crippen LogP contribution in [-0.4, -0.2) is 61.2 Å². The summed E-state index contributed by atoms with van der Waals surface area (Å²) in [5, 5.41) is 3.55. The van der Waals surface area contributed by atoms with E-state index in [0.29, 0.717) is 0 Å². The van der Waals surface area contributed by atoms with Gasteiger partial charge in [-0.3, -0.25) is 9.80 Å². The van der Waals surface area contributed by atoms with E-state index in [-0.39, 0.29) is 0 Å². The van der Waals surface area contributed by atoms with Crippen LogP contribution in [0.2, 0.25) is 0 Å². The predicted molar refractivity (Wildman–Crippen MR) is 66.7 cm³/mol. The van der Waals surface area contributed by atoms with Gasteiger partial charge < -0.3 is 5.32 Å². The Balaban J connectivity index is 1.57. The summed E-state index contributed by atoms with van der Waals surface area (Å²) in [6, 6.07) is 1.71. The van der Waals surface area contributed by atoms with Crippen LogP contribution in [0.4, 0.5) is 0 Å². The van der Waals surface area contributed by atoms with E-state index in [1.807, 2.05) is 0 Å². The largest absolute Gasteiger partial charge is 0.315 e. The highest BCUT2D eigenvalue weighted by atomic mass is 15.3. The van der Waals surface area contributed by atoms with E-state index in [1.54, 1.807) is 0 Å². The van der Waals surface area contributed by atoms with E-state index in [4.69, 9.17) is 0 Å². The molecule has 0 amide bonds. The summed E-state index contributed by atoms with van der Waals surface area (Å²) in [6.45, 7) is 7.80. The molecule has 3 nitrogen and oxygen atoms in total. The summed E-state index contributed by atoms with van der Waals surface area (Å²) >= 11 is 0. The molecule has 0 spiro atoms. The number of nitrogens with one attached hydrogen (secondary N) is 1. The molecule has 1 N–H and O–H groups in total. The first-order chi connectivity index (χ1) is 7.93. The second-order valence-electron chi connectivity index (χ2n) is 5.68. The van der Waals surface area contributed by atoms with Gasteiger partial charge in [-0.1, -0.05) is 6.42 Å². The molecule has 3 fully saturated rings. The number of rotatable bonds is 1. The average molecular weight is 223 g/mol. The van der Waals surface area contributed by atoms with Crippen molar-refractivity contribution in [3.63, 3.8) is 0 Å². The van der Waals surface area contributed by atoms with Crippen LogP contribution in [0, 0.1) is 0 Å². The average Bonchev–Trinajstić information content (AvgIpc) is 2.39. The van der Waals surface area contributed by atoms with Crippen LogP contribution in [-0.2, 0) is 0 Å². The normalized spacial score (nSPS) is 38.2. The summed E-state index contributed by atoms with van der Waals surface area (Å²) in [6.07, 6.45) is 7.12. The van der Waals surface area contributed by atoms with Crippen molar-refractivity contribution in [2.75, 3.05) is 39.3 Å². The van der Waals surface area contributed by atoms with Gasteiger partial charge in [-0.25, -0.2) is 0 Å². The van der Waals surface area contributed by atoms with Crippen LogP contribution >= 0.6 is 0 Å². The predicted octanol–water partition coefficient (Wildman–Crippen LogP) is 0.909. The molecule has 3 rings (SSSR count). The SMILES string of the molecule is C1CCN2CCN(C3CCCNC3)CC2C1. The minimum Gasteiger partial charge on any atom is -0.315 e. The third-order valence-electron chi connectivity index (χ3n) is 4.66. The maximum Gasteiger partial charge on any atom is 0.0223 e. The number of nitrogens with zero attached hydrogens (tertiary/aromatic N) is 2. The van der Waals surface area contributed by atoms with E-state index in [0.717, 1.165) is 12.1 Å². The Hall–Kier alpha value is -0.120. The van der Waals surface area contributed by atoms with Gasteiger partial charge in [0.2, 0.25) is 0 Å². The Bertz CT molecular complexity index is 222. The molecule has 3 heterocycles. The second-order valence-corrected chi connectivity index (χ2v) is 5.68. The Morgan fingerprint density at radius 1 is 0.812 bits per heavy atom. The van der Waals surface area contributed by atoms with Crippen molar-refractivity contribution in [3.8, 4) is 0 Å². The highest BCUT2D eigenvalue weighted by Crippen LogP contribution is 2.23. The van der Waals surface area contributed by atoms with Gasteiger partial charge in [0.25, 0.3) is 0 Å². The van der Waals surface area contributed by atoms with Crippen molar-refractivity contribution >= 4 is 0 Å². The first-order valence-electron chi connectivity index (χ1n) is 7.12. The summed E-state index contributed by atoms with van der Waals surface area (Å²) in [5.74, 6) is 0. The Morgan fingerprint density at radius 3 is 2.56 bits per heavy atom. The molecule has 3 aliphatic rings. The summed E-state index contributed by atoms with van der Waals surface area (Å²) in [7, 11) is 0. The number of hydrogen-bond acceptors (Lipinski definition) is 3. The number of piperidine rings is 2. The smallest absolute Gasteiger partial charge is 0.0223 e. The molecule has 0 bridgehead atoms. The molecule has 92 valence electrons. The Labute approximate surface area is 99.2 Å². The summed E-state index contributed by atoms with van der Waals surface area (Å²) in [5.41, 5.74) is 0. The maximum absolute atomic E-state index is 3.55. The molecule has 0 aromatic carbocycles. The summed E-state index contributed by atoms with van der Waals surface area (Å²) < 4.78 is 0. The third kappa shape index (κ3) is 2.27. The second kappa shape index (κ2) is 5.03. The molecule has 3 aliphatic heterocycles. The third-order valence-corrected chi connectivity index (χ3v) is 4.66. The van der Waals surface area contributed by atoms with Gasteiger partial charge in [-0.2, -0.15) is 0 Å². The van der Waals surface area contributed by atoms with E-state index >= 15 is 0 Å². The molecular formula is C13H25N3. The fraction of sp³-hybridized carbons (Fsp3) is 1.00. The van der Waals surface area contributed by atoms with E-state index in [9.17, 15) is 0 Å². The lowest BCUT2D eigenvalue weighted by molar-refractivity contribution is 0.0218. The first kappa shape index (κ1) is 11.0. The maximum atomic E-state index is 3.55. The quantitative estimate of drug-likeness (QED) is 0.713. The van der Waals surface area contributed by atoms with Gasteiger partial charge >= 0.3 is 0 Å². The van der Waals surface area contributed by atoms with Gasteiger partial charge in [0.15, 0.2) is 0 Å². The highest BCUT2D eigenvalue weighted by Gasteiger charge is 2.32. The van der Waals surface area contributed by atoms with E-state index in [1.165, 1.54) is 71.4 Å². The minimum atomic E-state index is 0.831. The van der Waals surface area contributed by atoms with Gasteiger partial charge in [0.05, 0.1) is 0 Å². The molecule has 0 radical (unpaired) electrons. The van der Waals surface area contributed by atoms with Gasteiger partial charge in [0.1, 0.15) is 0 Å². The zero-order valence-corrected chi connectivity index (χ0v) is 10.3. The fourth-order valence-electron chi connectivity index (χ4n) is 3.66. The molecule has 3 saturated heterocycles.